The van der Waals surface area contributed by atoms with Crippen LogP contribution >= 0.6 is 11.5 Å². The molecule has 1 fully saturated rings. The number of hydrogen-bond acceptors (Lipinski definition) is 7. The summed E-state index contributed by atoms with van der Waals surface area (Å²) >= 11 is 0.946. The number of nitrogens with zero attached hydrogens (tertiary/aromatic N) is 3. The Labute approximate surface area is 126 Å². The lowest BCUT2D eigenvalue weighted by molar-refractivity contribution is -0.0530. The first-order valence-electron chi connectivity index (χ1n) is 6.72. The van der Waals surface area contributed by atoms with Crippen LogP contribution in [0.15, 0.2) is 0 Å². The summed E-state index contributed by atoms with van der Waals surface area (Å²) in [5, 5.41) is 6.66. The molecule has 1 saturated heterocycles. The van der Waals surface area contributed by atoms with Crippen LogP contribution in [0.25, 0.3) is 0 Å². The summed E-state index contributed by atoms with van der Waals surface area (Å²) in [5.74, 6) is -0.592. The molecule has 8 nitrogen and oxygen atoms in total. The average molecular weight is 314 g/mol. The number of rotatable bonds is 3. The molecule has 2 rings (SSSR count). The van der Waals surface area contributed by atoms with Crippen molar-refractivity contribution in [2.45, 2.75) is 33.0 Å². The molecule has 1 aliphatic rings. The highest BCUT2D eigenvalue weighted by atomic mass is 32.1. The topological polar surface area (TPSA) is 93.7 Å². The van der Waals surface area contributed by atoms with Crippen LogP contribution in [-0.4, -0.2) is 58.4 Å². The van der Waals surface area contributed by atoms with Crippen LogP contribution in [0.1, 0.15) is 31.3 Å². The number of ether oxygens (including phenoxy) is 2. The standard InChI is InChI=1S/C12H18N4O4S/c1-4-19-11(17)9-10(21-15-14-9)13-12(18)16-5-7(2)20-8(3)6-16/h7-8H,4-6H2,1-3H3,(H,13,18). The van der Waals surface area contributed by atoms with Crippen molar-refractivity contribution in [3.8, 4) is 0 Å². The maximum Gasteiger partial charge on any atom is 0.362 e. The number of urea groups is 1. The zero-order chi connectivity index (χ0) is 15.4. The van der Waals surface area contributed by atoms with Gasteiger partial charge in [0.25, 0.3) is 0 Å². The number of morpholine rings is 1. The van der Waals surface area contributed by atoms with E-state index in [0.29, 0.717) is 18.1 Å². The third kappa shape index (κ3) is 3.88. The van der Waals surface area contributed by atoms with Crippen LogP contribution in [0.3, 0.4) is 0 Å². The van der Waals surface area contributed by atoms with Crippen LogP contribution in [0, 0.1) is 0 Å². The normalized spacial score (nSPS) is 22.0. The maximum atomic E-state index is 12.2. The monoisotopic (exact) mass is 314 g/mol. The molecule has 1 aromatic rings. The molecule has 0 aliphatic carbocycles. The van der Waals surface area contributed by atoms with Crippen LogP contribution in [0.5, 0.6) is 0 Å². The number of anilines is 1. The Balaban J connectivity index is 2.03. The van der Waals surface area contributed by atoms with Gasteiger partial charge >= 0.3 is 12.0 Å². The zero-order valence-corrected chi connectivity index (χ0v) is 13.0. The minimum absolute atomic E-state index is 0.0244. The second-order valence-corrected chi connectivity index (χ2v) is 5.52. The van der Waals surface area contributed by atoms with Gasteiger partial charge < -0.3 is 14.4 Å². The van der Waals surface area contributed by atoms with Gasteiger partial charge in [0, 0.05) is 24.6 Å². The Bertz CT molecular complexity index is 511. The molecule has 0 spiro atoms. The Kier molecular flexibility index (Phi) is 5.07. The molecule has 1 aliphatic heterocycles. The summed E-state index contributed by atoms with van der Waals surface area (Å²) in [6.45, 7) is 6.76. The lowest BCUT2D eigenvalue weighted by Crippen LogP contribution is -2.49. The molecular formula is C12H18N4O4S. The van der Waals surface area contributed by atoms with Gasteiger partial charge in [0.15, 0.2) is 5.00 Å². The Morgan fingerprint density at radius 1 is 1.43 bits per heavy atom. The van der Waals surface area contributed by atoms with E-state index >= 15 is 0 Å². The maximum absolute atomic E-state index is 12.2. The number of esters is 1. The smallest absolute Gasteiger partial charge is 0.362 e. The first kappa shape index (κ1) is 15.6. The second-order valence-electron chi connectivity index (χ2n) is 4.76. The lowest BCUT2D eigenvalue weighted by Gasteiger charge is -2.35. The Morgan fingerprint density at radius 2 is 2.10 bits per heavy atom. The van der Waals surface area contributed by atoms with E-state index in [4.69, 9.17) is 9.47 Å². The Hall–Kier alpha value is -1.74. The molecule has 9 heteroatoms. The predicted octanol–water partition coefficient (Wildman–Crippen LogP) is 1.36. The molecule has 1 N–H and O–H groups in total. The minimum Gasteiger partial charge on any atom is -0.461 e. The number of hydrogen-bond donors (Lipinski definition) is 1. The van der Waals surface area contributed by atoms with E-state index in [1.807, 2.05) is 13.8 Å². The van der Waals surface area contributed by atoms with Gasteiger partial charge in [0.2, 0.25) is 5.69 Å². The van der Waals surface area contributed by atoms with Gasteiger partial charge in [-0.25, -0.2) is 9.59 Å². The molecule has 2 amide bonds. The number of carbonyl (C=O) groups excluding carboxylic acids is 2. The van der Waals surface area contributed by atoms with Crippen molar-refractivity contribution >= 4 is 28.5 Å². The van der Waals surface area contributed by atoms with E-state index in [-0.39, 0.29) is 30.5 Å². The zero-order valence-electron chi connectivity index (χ0n) is 12.2. The molecule has 21 heavy (non-hydrogen) atoms. The highest BCUT2D eigenvalue weighted by molar-refractivity contribution is 7.10. The van der Waals surface area contributed by atoms with Crippen molar-refractivity contribution in [2.75, 3.05) is 25.0 Å². The third-order valence-electron chi connectivity index (χ3n) is 2.88. The molecule has 0 saturated carbocycles. The fourth-order valence-electron chi connectivity index (χ4n) is 2.13. The first-order valence-corrected chi connectivity index (χ1v) is 7.49. The van der Waals surface area contributed by atoms with E-state index in [1.54, 1.807) is 11.8 Å². The molecule has 0 bridgehead atoms. The highest BCUT2D eigenvalue weighted by Gasteiger charge is 2.27. The van der Waals surface area contributed by atoms with Crippen LogP contribution in [0.4, 0.5) is 9.80 Å². The number of carbonyl (C=O) groups is 2. The van der Waals surface area contributed by atoms with E-state index in [0.717, 1.165) is 11.5 Å². The quantitative estimate of drug-likeness (QED) is 0.847. The van der Waals surface area contributed by atoms with Crippen molar-refractivity contribution in [3.05, 3.63) is 5.69 Å². The van der Waals surface area contributed by atoms with Crippen molar-refractivity contribution in [1.29, 1.82) is 0 Å². The van der Waals surface area contributed by atoms with Crippen molar-refractivity contribution < 1.29 is 19.1 Å². The summed E-state index contributed by atoms with van der Waals surface area (Å²) in [4.78, 5) is 25.6. The van der Waals surface area contributed by atoms with Crippen molar-refractivity contribution in [2.24, 2.45) is 0 Å². The van der Waals surface area contributed by atoms with Gasteiger partial charge in [0.1, 0.15) is 0 Å². The fourth-order valence-corrected chi connectivity index (χ4v) is 2.67. The number of nitrogens with one attached hydrogen (secondary N) is 1. The van der Waals surface area contributed by atoms with E-state index in [1.165, 1.54) is 0 Å². The molecule has 116 valence electrons. The molecule has 2 heterocycles. The fraction of sp³-hybridized carbons (Fsp3) is 0.667. The molecule has 0 radical (unpaired) electrons. The highest BCUT2D eigenvalue weighted by Crippen LogP contribution is 2.20. The molecular weight excluding hydrogens is 296 g/mol. The van der Waals surface area contributed by atoms with Gasteiger partial charge in [-0.2, -0.15) is 0 Å². The van der Waals surface area contributed by atoms with Crippen LogP contribution in [-0.2, 0) is 9.47 Å². The Morgan fingerprint density at radius 3 is 2.71 bits per heavy atom. The van der Waals surface area contributed by atoms with Gasteiger partial charge in [0.05, 0.1) is 18.8 Å². The summed E-state index contributed by atoms with van der Waals surface area (Å²) in [6, 6.07) is -0.298. The largest absolute Gasteiger partial charge is 0.461 e. The van der Waals surface area contributed by atoms with Crippen molar-refractivity contribution in [3.63, 3.8) is 0 Å². The summed E-state index contributed by atoms with van der Waals surface area (Å²) in [7, 11) is 0. The van der Waals surface area contributed by atoms with E-state index < -0.39 is 5.97 Å². The average Bonchev–Trinajstić information content (AvgIpc) is 2.86. The van der Waals surface area contributed by atoms with Gasteiger partial charge in [-0.3, -0.25) is 5.32 Å². The predicted molar refractivity (Wildman–Crippen MR) is 76.5 cm³/mol. The lowest BCUT2D eigenvalue weighted by atomic mass is 10.2. The molecule has 0 aromatic carbocycles. The number of aromatic nitrogens is 2. The molecule has 1 aromatic heterocycles. The summed E-state index contributed by atoms with van der Waals surface area (Å²) in [6.07, 6.45) is -0.0489. The van der Waals surface area contributed by atoms with Gasteiger partial charge in [-0.05, 0) is 20.8 Å². The van der Waals surface area contributed by atoms with Crippen LogP contribution in [0.2, 0.25) is 0 Å². The second kappa shape index (κ2) is 6.81. The summed E-state index contributed by atoms with van der Waals surface area (Å²) < 4.78 is 14.1. The van der Waals surface area contributed by atoms with E-state index in [2.05, 4.69) is 14.9 Å². The van der Waals surface area contributed by atoms with Crippen molar-refractivity contribution in [1.82, 2.24) is 14.5 Å². The minimum atomic E-state index is -0.592. The third-order valence-corrected chi connectivity index (χ3v) is 3.53. The number of amides is 2. The van der Waals surface area contributed by atoms with E-state index in [9.17, 15) is 9.59 Å². The van der Waals surface area contributed by atoms with Gasteiger partial charge in [-0.1, -0.05) is 4.49 Å². The molecule has 2 unspecified atom stereocenters. The SMILES string of the molecule is CCOC(=O)c1nnsc1NC(=O)N1CC(C)OC(C)C1. The summed E-state index contributed by atoms with van der Waals surface area (Å²) in [5.41, 5.74) is 0.0320. The molecule has 2 atom stereocenters. The first-order chi connectivity index (χ1) is 10.0. The van der Waals surface area contributed by atoms with Crippen LogP contribution < -0.4 is 5.32 Å². The van der Waals surface area contributed by atoms with Gasteiger partial charge in [-0.15, -0.1) is 5.10 Å².